The third kappa shape index (κ3) is 2.04. The monoisotopic (exact) mass is 288 g/mol. The zero-order valence-electron chi connectivity index (χ0n) is 12.6. The average Bonchev–Trinajstić information content (AvgIpc) is 2.58. The number of fused-ring (bicyclic) bond motifs is 1. The number of aldehydes is 2. The Morgan fingerprint density at radius 2 is 1.32 bits per heavy atom. The molecule has 0 amide bonds. The van der Waals surface area contributed by atoms with Crippen LogP contribution in [0.15, 0.2) is 48.5 Å². The van der Waals surface area contributed by atoms with Crippen LogP contribution in [0.25, 0.3) is 21.9 Å². The minimum absolute atomic E-state index is 0.600. The smallest absolute Gasteiger partial charge is 0.150 e. The minimum atomic E-state index is 0.600. The lowest BCUT2D eigenvalue weighted by Gasteiger charge is -2.17. The molecule has 0 saturated heterocycles. The van der Waals surface area contributed by atoms with Crippen LogP contribution in [-0.4, -0.2) is 12.6 Å². The molecule has 0 heterocycles. The normalized spacial score (nSPS) is 10.6. The molecule has 0 aliphatic carbocycles. The lowest BCUT2D eigenvalue weighted by atomic mass is 9.86. The molecule has 0 fully saturated rings. The van der Waals surface area contributed by atoms with Gasteiger partial charge in [0.1, 0.15) is 0 Å². The van der Waals surface area contributed by atoms with Crippen molar-refractivity contribution < 1.29 is 9.59 Å². The molecule has 0 atom stereocenters. The second-order valence-electron chi connectivity index (χ2n) is 5.41. The van der Waals surface area contributed by atoms with E-state index in [2.05, 4.69) is 6.07 Å². The molecule has 3 aromatic rings. The van der Waals surface area contributed by atoms with E-state index >= 15 is 0 Å². The van der Waals surface area contributed by atoms with E-state index in [0.717, 1.165) is 45.6 Å². The number of hydrogen-bond acceptors (Lipinski definition) is 2. The fraction of sp³-hybridized carbons (Fsp3) is 0.100. The standard InChI is InChI=1S/C20H16O2/c1-13-16-8-5-6-9-17(16)14(2)20(19(13)12-22)18-10-4-3-7-15(18)11-21/h3-12H,1-2H3. The lowest BCUT2D eigenvalue weighted by molar-refractivity contribution is 0.111. The Balaban J connectivity index is 2.51. The molecular weight excluding hydrogens is 272 g/mol. The van der Waals surface area contributed by atoms with E-state index in [1.165, 1.54) is 0 Å². The third-order valence-corrected chi connectivity index (χ3v) is 4.26. The minimum Gasteiger partial charge on any atom is -0.298 e. The first-order chi connectivity index (χ1) is 10.7. The molecule has 0 bridgehead atoms. The summed E-state index contributed by atoms with van der Waals surface area (Å²) in [5.74, 6) is 0. The summed E-state index contributed by atoms with van der Waals surface area (Å²) < 4.78 is 0. The van der Waals surface area contributed by atoms with Crippen LogP contribution in [0.4, 0.5) is 0 Å². The van der Waals surface area contributed by atoms with Crippen molar-refractivity contribution in [1.29, 1.82) is 0 Å². The van der Waals surface area contributed by atoms with E-state index in [9.17, 15) is 9.59 Å². The van der Waals surface area contributed by atoms with Gasteiger partial charge in [-0.2, -0.15) is 0 Å². The van der Waals surface area contributed by atoms with Crippen LogP contribution in [0.5, 0.6) is 0 Å². The first-order valence-electron chi connectivity index (χ1n) is 7.20. The summed E-state index contributed by atoms with van der Waals surface area (Å²) in [6, 6.07) is 15.4. The highest BCUT2D eigenvalue weighted by Gasteiger charge is 2.17. The quantitative estimate of drug-likeness (QED) is 0.652. The summed E-state index contributed by atoms with van der Waals surface area (Å²) in [5, 5.41) is 2.19. The molecule has 22 heavy (non-hydrogen) atoms. The molecular formula is C20H16O2. The Morgan fingerprint density at radius 1 is 0.727 bits per heavy atom. The first kappa shape index (κ1) is 14.2. The zero-order chi connectivity index (χ0) is 15.7. The molecule has 3 rings (SSSR count). The van der Waals surface area contributed by atoms with Gasteiger partial charge in [-0.25, -0.2) is 0 Å². The van der Waals surface area contributed by atoms with Crippen LogP contribution in [0.2, 0.25) is 0 Å². The Hall–Kier alpha value is -2.74. The van der Waals surface area contributed by atoms with E-state index in [4.69, 9.17) is 0 Å². The van der Waals surface area contributed by atoms with Crippen molar-refractivity contribution >= 4 is 23.3 Å². The Morgan fingerprint density at radius 3 is 1.95 bits per heavy atom. The predicted octanol–water partition coefficient (Wildman–Crippen LogP) is 4.75. The second-order valence-corrected chi connectivity index (χ2v) is 5.41. The highest BCUT2D eigenvalue weighted by molar-refractivity contribution is 6.05. The van der Waals surface area contributed by atoms with Gasteiger partial charge in [0.05, 0.1) is 0 Å². The fourth-order valence-electron chi connectivity index (χ4n) is 3.13. The summed E-state index contributed by atoms with van der Waals surface area (Å²) in [6.07, 6.45) is 1.74. The molecule has 3 aromatic carbocycles. The van der Waals surface area contributed by atoms with Crippen molar-refractivity contribution in [3.63, 3.8) is 0 Å². The van der Waals surface area contributed by atoms with Gasteiger partial charge in [-0.1, -0.05) is 48.5 Å². The van der Waals surface area contributed by atoms with E-state index < -0.39 is 0 Å². The summed E-state index contributed by atoms with van der Waals surface area (Å²) in [7, 11) is 0. The average molecular weight is 288 g/mol. The van der Waals surface area contributed by atoms with E-state index in [1.54, 1.807) is 6.07 Å². The summed E-state index contributed by atoms with van der Waals surface area (Å²) in [6.45, 7) is 3.96. The highest BCUT2D eigenvalue weighted by Crippen LogP contribution is 2.36. The van der Waals surface area contributed by atoms with Crippen molar-refractivity contribution in [2.75, 3.05) is 0 Å². The first-order valence-corrected chi connectivity index (χ1v) is 7.20. The van der Waals surface area contributed by atoms with Gasteiger partial charge in [0.25, 0.3) is 0 Å². The van der Waals surface area contributed by atoms with Crippen molar-refractivity contribution in [3.05, 3.63) is 70.8 Å². The van der Waals surface area contributed by atoms with Crippen molar-refractivity contribution in [2.24, 2.45) is 0 Å². The molecule has 0 unspecified atom stereocenters. The molecule has 2 heteroatoms. The van der Waals surface area contributed by atoms with Gasteiger partial charge in [0.15, 0.2) is 12.6 Å². The maximum atomic E-state index is 11.7. The molecule has 0 saturated carbocycles. The van der Waals surface area contributed by atoms with Crippen LogP contribution in [0.3, 0.4) is 0 Å². The number of carbonyl (C=O) groups is 2. The van der Waals surface area contributed by atoms with Crippen LogP contribution >= 0.6 is 0 Å². The van der Waals surface area contributed by atoms with Gasteiger partial charge >= 0.3 is 0 Å². The third-order valence-electron chi connectivity index (χ3n) is 4.26. The van der Waals surface area contributed by atoms with Gasteiger partial charge in [-0.3, -0.25) is 9.59 Å². The van der Waals surface area contributed by atoms with Crippen LogP contribution in [-0.2, 0) is 0 Å². The predicted molar refractivity (Wildman–Crippen MR) is 89.6 cm³/mol. The van der Waals surface area contributed by atoms with Gasteiger partial charge < -0.3 is 0 Å². The molecule has 108 valence electrons. The van der Waals surface area contributed by atoms with Crippen LogP contribution in [0, 0.1) is 13.8 Å². The van der Waals surface area contributed by atoms with Crippen molar-refractivity contribution in [1.82, 2.24) is 0 Å². The Labute approximate surface area is 129 Å². The SMILES string of the molecule is Cc1c(C=O)c(-c2ccccc2C=O)c(C)c2ccccc12. The number of carbonyl (C=O) groups excluding carboxylic acids is 2. The highest BCUT2D eigenvalue weighted by atomic mass is 16.1. The number of rotatable bonds is 3. The topological polar surface area (TPSA) is 34.1 Å². The Bertz CT molecular complexity index is 892. The van der Waals surface area contributed by atoms with E-state index in [-0.39, 0.29) is 0 Å². The molecule has 2 nitrogen and oxygen atoms in total. The lowest BCUT2D eigenvalue weighted by Crippen LogP contribution is -2.00. The molecule has 0 spiro atoms. The molecule has 0 aliphatic heterocycles. The van der Waals surface area contributed by atoms with Gasteiger partial charge in [0.2, 0.25) is 0 Å². The van der Waals surface area contributed by atoms with Gasteiger partial charge in [-0.05, 0) is 46.9 Å². The molecule has 0 aliphatic rings. The number of benzene rings is 3. The molecule has 0 N–H and O–H groups in total. The van der Waals surface area contributed by atoms with Crippen molar-refractivity contribution in [3.8, 4) is 11.1 Å². The van der Waals surface area contributed by atoms with Crippen molar-refractivity contribution in [2.45, 2.75) is 13.8 Å². The second kappa shape index (κ2) is 5.57. The van der Waals surface area contributed by atoms with Gasteiger partial charge in [-0.15, -0.1) is 0 Å². The van der Waals surface area contributed by atoms with Crippen LogP contribution < -0.4 is 0 Å². The summed E-state index contributed by atoms with van der Waals surface area (Å²) in [5.41, 5.74) is 4.90. The zero-order valence-corrected chi connectivity index (χ0v) is 12.6. The maximum Gasteiger partial charge on any atom is 0.150 e. The van der Waals surface area contributed by atoms with Gasteiger partial charge in [0, 0.05) is 11.1 Å². The summed E-state index contributed by atoms with van der Waals surface area (Å²) >= 11 is 0. The molecule has 0 aromatic heterocycles. The number of hydrogen-bond donors (Lipinski definition) is 0. The van der Waals surface area contributed by atoms with Crippen LogP contribution in [0.1, 0.15) is 31.8 Å². The number of aryl methyl sites for hydroxylation is 2. The fourth-order valence-corrected chi connectivity index (χ4v) is 3.13. The summed E-state index contributed by atoms with van der Waals surface area (Å²) in [4.78, 5) is 23.1. The van der Waals surface area contributed by atoms with E-state index in [0.29, 0.717) is 11.1 Å². The van der Waals surface area contributed by atoms with E-state index in [1.807, 2.05) is 50.2 Å². The maximum absolute atomic E-state index is 11.7. The Kier molecular flexibility index (Phi) is 3.60. The largest absolute Gasteiger partial charge is 0.298 e. The molecule has 0 radical (unpaired) electrons.